The third kappa shape index (κ3) is 2.27. The topological polar surface area (TPSA) is 59.5 Å². The van der Waals surface area contributed by atoms with E-state index in [2.05, 4.69) is 0 Å². The maximum absolute atomic E-state index is 12.1. The Morgan fingerprint density at radius 2 is 2.44 bits per heavy atom. The van der Waals surface area contributed by atoms with E-state index in [1.54, 1.807) is 18.2 Å². The minimum Gasteiger partial charge on any atom is -0.467 e. The number of carbonyl (C=O) groups excluding carboxylic acids is 1. The van der Waals surface area contributed by atoms with Crippen LogP contribution in [-0.4, -0.2) is 23.9 Å². The third-order valence-corrected chi connectivity index (χ3v) is 3.24. The SMILES string of the molecule is CN(Cc1ccco1)C(=O)C1CCCC1N. The minimum absolute atomic E-state index is 0.0000350. The van der Waals surface area contributed by atoms with Crippen molar-refractivity contribution in [1.82, 2.24) is 4.90 Å². The van der Waals surface area contributed by atoms with Gasteiger partial charge in [0.1, 0.15) is 5.76 Å². The van der Waals surface area contributed by atoms with Crippen LogP contribution >= 0.6 is 0 Å². The van der Waals surface area contributed by atoms with Crippen LogP contribution in [0.1, 0.15) is 25.0 Å². The Hall–Kier alpha value is -1.29. The van der Waals surface area contributed by atoms with Crippen molar-refractivity contribution in [2.45, 2.75) is 31.8 Å². The maximum atomic E-state index is 12.1. The van der Waals surface area contributed by atoms with Gasteiger partial charge >= 0.3 is 0 Å². The fourth-order valence-electron chi connectivity index (χ4n) is 2.29. The molecule has 4 heteroatoms. The second-order valence-corrected chi connectivity index (χ2v) is 4.47. The summed E-state index contributed by atoms with van der Waals surface area (Å²) in [6.07, 6.45) is 4.56. The Balaban J connectivity index is 1.94. The van der Waals surface area contributed by atoms with Crippen molar-refractivity contribution in [1.29, 1.82) is 0 Å². The van der Waals surface area contributed by atoms with Crippen molar-refractivity contribution in [2.24, 2.45) is 11.7 Å². The van der Waals surface area contributed by atoms with E-state index in [4.69, 9.17) is 10.2 Å². The zero-order valence-corrected chi connectivity index (χ0v) is 9.56. The van der Waals surface area contributed by atoms with Gasteiger partial charge < -0.3 is 15.1 Å². The first-order valence-electron chi connectivity index (χ1n) is 5.71. The van der Waals surface area contributed by atoms with Crippen LogP contribution < -0.4 is 5.73 Å². The van der Waals surface area contributed by atoms with Crippen molar-refractivity contribution in [3.05, 3.63) is 24.2 Å². The lowest BCUT2D eigenvalue weighted by molar-refractivity contribution is -0.135. The molecule has 2 rings (SSSR count). The fourth-order valence-corrected chi connectivity index (χ4v) is 2.29. The molecule has 1 saturated carbocycles. The van der Waals surface area contributed by atoms with Crippen molar-refractivity contribution in [3.63, 3.8) is 0 Å². The van der Waals surface area contributed by atoms with Gasteiger partial charge in [0.2, 0.25) is 5.91 Å². The van der Waals surface area contributed by atoms with Gasteiger partial charge in [0, 0.05) is 13.1 Å². The number of amides is 1. The highest BCUT2D eigenvalue weighted by Crippen LogP contribution is 2.25. The predicted octanol–water partition coefficient (Wildman–Crippen LogP) is 1.37. The van der Waals surface area contributed by atoms with E-state index >= 15 is 0 Å². The Morgan fingerprint density at radius 1 is 1.62 bits per heavy atom. The highest BCUT2D eigenvalue weighted by Gasteiger charge is 2.32. The average molecular weight is 222 g/mol. The average Bonchev–Trinajstić information content (AvgIpc) is 2.88. The van der Waals surface area contributed by atoms with Crippen LogP contribution in [0.4, 0.5) is 0 Å². The summed E-state index contributed by atoms with van der Waals surface area (Å²) in [5.41, 5.74) is 5.92. The van der Waals surface area contributed by atoms with E-state index < -0.39 is 0 Å². The molecule has 0 bridgehead atoms. The second-order valence-electron chi connectivity index (χ2n) is 4.47. The zero-order valence-electron chi connectivity index (χ0n) is 9.56. The van der Waals surface area contributed by atoms with Crippen LogP contribution in [0.3, 0.4) is 0 Å². The molecule has 2 unspecified atom stereocenters. The van der Waals surface area contributed by atoms with Crippen LogP contribution in [0.15, 0.2) is 22.8 Å². The second kappa shape index (κ2) is 4.70. The molecule has 2 N–H and O–H groups in total. The summed E-state index contributed by atoms with van der Waals surface area (Å²) in [4.78, 5) is 13.8. The molecule has 1 fully saturated rings. The van der Waals surface area contributed by atoms with Crippen LogP contribution in [0.2, 0.25) is 0 Å². The summed E-state index contributed by atoms with van der Waals surface area (Å²) in [5, 5.41) is 0. The van der Waals surface area contributed by atoms with Crippen LogP contribution in [0.25, 0.3) is 0 Å². The van der Waals surface area contributed by atoms with Gasteiger partial charge in [-0.2, -0.15) is 0 Å². The van der Waals surface area contributed by atoms with Gasteiger partial charge in [-0.3, -0.25) is 4.79 Å². The lowest BCUT2D eigenvalue weighted by Gasteiger charge is -2.22. The Morgan fingerprint density at radius 3 is 3.00 bits per heavy atom. The molecule has 4 nitrogen and oxygen atoms in total. The van der Waals surface area contributed by atoms with Crippen LogP contribution in [0, 0.1) is 5.92 Å². The minimum atomic E-state index is -0.0000350. The molecule has 88 valence electrons. The van der Waals surface area contributed by atoms with Gasteiger partial charge in [0.15, 0.2) is 0 Å². The zero-order chi connectivity index (χ0) is 11.5. The summed E-state index contributed by atoms with van der Waals surface area (Å²) in [5.74, 6) is 0.948. The molecule has 16 heavy (non-hydrogen) atoms. The molecule has 0 spiro atoms. The molecule has 1 amide bonds. The molecule has 0 radical (unpaired) electrons. The third-order valence-electron chi connectivity index (χ3n) is 3.24. The smallest absolute Gasteiger partial charge is 0.227 e. The monoisotopic (exact) mass is 222 g/mol. The molecule has 1 aliphatic rings. The van der Waals surface area contributed by atoms with Gasteiger partial charge in [0.25, 0.3) is 0 Å². The molecule has 1 aromatic rings. The van der Waals surface area contributed by atoms with Crippen molar-refractivity contribution >= 4 is 5.91 Å². The number of nitrogens with two attached hydrogens (primary N) is 1. The number of hydrogen-bond donors (Lipinski definition) is 1. The van der Waals surface area contributed by atoms with Crippen molar-refractivity contribution in [3.8, 4) is 0 Å². The van der Waals surface area contributed by atoms with Gasteiger partial charge in [-0.25, -0.2) is 0 Å². The molecule has 1 aliphatic carbocycles. The summed E-state index contributed by atoms with van der Waals surface area (Å²) >= 11 is 0. The first-order chi connectivity index (χ1) is 7.68. The van der Waals surface area contributed by atoms with Gasteiger partial charge in [-0.1, -0.05) is 6.42 Å². The summed E-state index contributed by atoms with van der Waals surface area (Å²) < 4.78 is 5.22. The number of rotatable bonds is 3. The Bertz CT molecular complexity index is 348. The Kier molecular flexibility index (Phi) is 3.29. The molecular formula is C12H18N2O2. The summed E-state index contributed by atoms with van der Waals surface area (Å²) in [6.45, 7) is 0.523. The first kappa shape index (κ1) is 11.2. The Labute approximate surface area is 95.4 Å². The standard InChI is InChI=1S/C12H18N2O2/c1-14(8-9-4-3-7-16-9)12(15)10-5-2-6-11(10)13/h3-4,7,10-11H,2,5-6,8,13H2,1H3. The fraction of sp³-hybridized carbons (Fsp3) is 0.583. The lowest BCUT2D eigenvalue weighted by Crippen LogP contribution is -2.39. The highest BCUT2D eigenvalue weighted by atomic mass is 16.3. The summed E-state index contributed by atoms with van der Waals surface area (Å²) in [7, 11) is 1.80. The molecular weight excluding hydrogens is 204 g/mol. The van der Waals surface area contributed by atoms with Crippen molar-refractivity contribution in [2.75, 3.05) is 7.05 Å². The maximum Gasteiger partial charge on any atom is 0.227 e. The van der Waals surface area contributed by atoms with E-state index in [0.717, 1.165) is 25.0 Å². The highest BCUT2D eigenvalue weighted by molar-refractivity contribution is 5.79. The van der Waals surface area contributed by atoms with Gasteiger partial charge in [-0.05, 0) is 25.0 Å². The molecule has 0 aliphatic heterocycles. The molecule has 1 aromatic heterocycles. The lowest BCUT2D eigenvalue weighted by atomic mass is 10.0. The van der Waals surface area contributed by atoms with E-state index in [0.29, 0.717) is 6.54 Å². The largest absolute Gasteiger partial charge is 0.467 e. The van der Waals surface area contributed by atoms with Crippen molar-refractivity contribution < 1.29 is 9.21 Å². The summed E-state index contributed by atoms with van der Waals surface area (Å²) in [6, 6.07) is 3.74. The van der Waals surface area contributed by atoms with Gasteiger partial charge in [-0.15, -0.1) is 0 Å². The van der Waals surface area contributed by atoms with E-state index in [1.807, 2.05) is 12.1 Å². The predicted molar refractivity (Wildman–Crippen MR) is 60.5 cm³/mol. The quantitative estimate of drug-likeness (QED) is 0.840. The molecule has 0 aromatic carbocycles. The molecule has 2 atom stereocenters. The number of hydrogen-bond acceptors (Lipinski definition) is 3. The number of carbonyl (C=O) groups is 1. The van der Waals surface area contributed by atoms with E-state index in [-0.39, 0.29) is 17.9 Å². The normalized spacial score (nSPS) is 24.6. The first-order valence-corrected chi connectivity index (χ1v) is 5.71. The van der Waals surface area contributed by atoms with Crippen LogP contribution in [0.5, 0.6) is 0 Å². The van der Waals surface area contributed by atoms with E-state index in [9.17, 15) is 4.79 Å². The molecule has 1 heterocycles. The number of nitrogens with zero attached hydrogens (tertiary/aromatic N) is 1. The van der Waals surface area contributed by atoms with E-state index in [1.165, 1.54) is 0 Å². The van der Waals surface area contributed by atoms with Crippen LogP contribution in [-0.2, 0) is 11.3 Å². The molecule has 0 saturated heterocycles. The van der Waals surface area contributed by atoms with Gasteiger partial charge in [0.05, 0.1) is 18.7 Å². The number of furan rings is 1.